The van der Waals surface area contributed by atoms with E-state index in [1.165, 1.54) is 0 Å². The van der Waals surface area contributed by atoms with E-state index in [1.54, 1.807) is 7.11 Å². The van der Waals surface area contributed by atoms with Crippen LogP contribution >= 0.6 is 11.6 Å². The maximum atomic E-state index is 11.0. The Bertz CT molecular complexity index is 348. The van der Waals surface area contributed by atoms with Crippen LogP contribution < -0.4 is 9.47 Å². The molecule has 0 amide bonds. The molecule has 0 aliphatic heterocycles. The van der Waals surface area contributed by atoms with Crippen molar-refractivity contribution in [1.29, 1.82) is 0 Å². The van der Waals surface area contributed by atoms with Gasteiger partial charge in [-0.25, -0.2) is 0 Å². The van der Waals surface area contributed by atoms with Gasteiger partial charge >= 0.3 is 0 Å². The second-order valence-electron chi connectivity index (χ2n) is 3.72. The standard InChI is InChI=1S/C13H17ClO3/c1-3-10(13(14)15)8-9-17-12-6-4-11(16-2)5-7-12/h4-7,10H,3,8-9H2,1-2H3. The van der Waals surface area contributed by atoms with E-state index in [9.17, 15) is 4.79 Å². The molecule has 0 fully saturated rings. The van der Waals surface area contributed by atoms with Crippen LogP contribution in [0.1, 0.15) is 19.8 Å². The fourth-order valence-electron chi connectivity index (χ4n) is 1.47. The number of rotatable bonds is 7. The zero-order valence-corrected chi connectivity index (χ0v) is 10.9. The third kappa shape index (κ3) is 4.65. The Morgan fingerprint density at radius 1 is 1.29 bits per heavy atom. The Morgan fingerprint density at radius 2 is 1.88 bits per heavy atom. The van der Waals surface area contributed by atoms with Gasteiger partial charge in [0, 0.05) is 5.92 Å². The van der Waals surface area contributed by atoms with Crippen molar-refractivity contribution in [1.82, 2.24) is 0 Å². The zero-order valence-electron chi connectivity index (χ0n) is 10.1. The summed E-state index contributed by atoms with van der Waals surface area (Å²) in [5, 5.41) is -0.286. The number of carbonyl (C=O) groups excluding carboxylic acids is 1. The minimum Gasteiger partial charge on any atom is -0.497 e. The molecule has 0 aromatic heterocycles. The summed E-state index contributed by atoms with van der Waals surface area (Å²) in [7, 11) is 1.62. The fourth-order valence-corrected chi connectivity index (χ4v) is 1.73. The van der Waals surface area contributed by atoms with Crippen LogP contribution in [0.4, 0.5) is 0 Å². The maximum Gasteiger partial charge on any atom is 0.224 e. The molecule has 0 saturated heterocycles. The number of ether oxygens (including phenoxy) is 2. The van der Waals surface area contributed by atoms with E-state index in [0.717, 1.165) is 17.9 Å². The zero-order chi connectivity index (χ0) is 12.7. The van der Waals surface area contributed by atoms with Gasteiger partial charge in [-0.1, -0.05) is 6.92 Å². The molecule has 0 aliphatic carbocycles. The Morgan fingerprint density at radius 3 is 2.35 bits per heavy atom. The molecule has 1 atom stereocenters. The van der Waals surface area contributed by atoms with Gasteiger partial charge in [0.1, 0.15) is 11.5 Å². The average Bonchev–Trinajstić information content (AvgIpc) is 2.35. The predicted molar refractivity (Wildman–Crippen MR) is 67.7 cm³/mol. The van der Waals surface area contributed by atoms with Crippen molar-refractivity contribution in [2.75, 3.05) is 13.7 Å². The summed E-state index contributed by atoms with van der Waals surface area (Å²) in [6.07, 6.45) is 1.39. The lowest BCUT2D eigenvalue weighted by molar-refractivity contribution is -0.115. The van der Waals surface area contributed by atoms with Gasteiger partial charge in [-0.2, -0.15) is 0 Å². The Labute approximate surface area is 107 Å². The highest BCUT2D eigenvalue weighted by Crippen LogP contribution is 2.18. The molecule has 1 unspecified atom stereocenters. The molecule has 0 bridgehead atoms. The highest BCUT2D eigenvalue weighted by atomic mass is 35.5. The van der Waals surface area contributed by atoms with Crippen LogP contribution in [0.5, 0.6) is 11.5 Å². The molecule has 1 rings (SSSR count). The summed E-state index contributed by atoms with van der Waals surface area (Å²) >= 11 is 5.45. The lowest BCUT2D eigenvalue weighted by atomic mass is 10.1. The van der Waals surface area contributed by atoms with Gasteiger partial charge in [-0.3, -0.25) is 4.79 Å². The minimum atomic E-state index is -0.286. The third-order valence-electron chi connectivity index (χ3n) is 2.61. The molecular formula is C13H17ClO3. The highest BCUT2D eigenvalue weighted by molar-refractivity contribution is 6.63. The molecular weight excluding hydrogens is 240 g/mol. The second kappa shape index (κ2) is 7.17. The number of carbonyl (C=O) groups is 1. The summed E-state index contributed by atoms with van der Waals surface area (Å²) < 4.78 is 10.6. The fraction of sp³-hybridized carbons (Fsp3) is 0.462. The normalized spacial score (nSPS) is 11.9. The van der Waals surface area contributed by atoms with Crippen molar-refractivity contribution in [2.24, 2.45) is 5.92 Å². The van der Waals surface area contributed by atoms with Crippen molar-refractivity contribution >= 4 is 16.8 Å². The first-order valence-electron chi connectivity index (χ1n) is 5.63. The monoisotopic (exact) mass is 256 g/mol. The van der Waals surface area contributed by atoms with Crippen LogP contribution in [0.25, 0.3) is 0 Å². The highest BCUT2D eigenvalue weighted by Gasteiger charge is 2.13. The van der Waals surface area contributed by atoms with Gasteiger partial charge in [0.2, 0.25) is 5.24 Å². The molecule has 0 heterocycles. The Balaban J connectivity index is 2.37. The van der Waals surface area contributed by atoms with Crippen molar-refractivity contribution in [3.05, 3.63) is 24.3 Å². The van der Waals surface area contributed by atoms with Gasteiger partial charge in [0.05, 0.1) is 13.7 Å². The average molecular weight is 257 g/mol. The molecule has 1 aromatic carbocycles. The molecule has 3 nitrogen and oxygen atoms in total. The van der Waals surface area contributed by atoms with Crippen LogP contribution in [-0.2, 0) is 4.79 Å². The van der Waals surface area contributed by atoms with Crippen LogP contribution in [-0.4, -0.2) is 19.0 Å². The minimum absolute atomic E-state index is 0.116. The summed E-state index contributed by atoms with van der Waals surface area (Å²) in [5.41, 5.74) is 0. The quantitative estimate of drug-likeness (QED) is 0.703. The number of methoxy groups -OCH3 is 1. The predicted octanol–water partition coefficient (Wildman–Crippen LogP) is 3.26. The van der Waals surface area contributed by atoms with E-state index < -0.39 is 0 Å². The molecule has 0 N–H and O–H groups in total. The summed E-state index contributed by atoms with van der Waals surface area (Å²) in [5.74, 6) is 1.44. The van der Waals surface area contributed by atoms with Crippen LogP contribution in [0.2, 0.25) is 0 Å². The van der Waals surface area contributed by atoms with E-state index in [-0.39, 0.29) is 11.2 Å². The van der Waals surface area contributed by atoms with Crippen LogP contribution in [0, 0.1) is 5.92 Å². The van der Waals surface area contributed by atoms with Gasteiger partial charge in [0.15, 0.2) is 0 Å². The second-order valence-corrected chi connectivity index (χ2v) is 4.09. The Hall–Kier alpha value is -1.22. The number of hydrogen-bond donors (Lipinski definition) is 0. The van der Waals surface area contributed by atoms with E-state index >= 15 is 0 Å². The van der Waals surface area contributed by atoms with Crippen molar-refractivity contribution in [2.45, 2.75) is 19.8 Å². The van der Waals surface area contributed by atoms with Crippen molar-refractivity contribution in [3.8, 4) is 11.5 Å². The smallest absolute Gasteiger partial charge is 0.224 e. The number of halogens is 1. The van der Waals surface area contributed by atoms with E-state index in [0.29, 0.717) is 13.0 Å². The van der Waals surface area contributed by atoms with Gasteiger partial charge in [-0.05, 0) is 48.7 Å². The lowest BCUT2D eigenvalue weighted by Gasteiger charge is -2.11. The topological polar surface area (TPSA) is 35.5 Å². The summed E-state index contributed by atoms with van der Waals surface area (Å²) in [6, 6.07) is 7.34. The molecule has 1 aromatic rings. The van der Waals surface area contributed by atoms with Crippen LogP contribution in [0.3, 0.4) is 0 Å². The first-order chi connectivity index (χ1) is 8.17. The van der Waals surface area contributed by atoms with Crippen LogP contribution in [0.15, 0.2) is 24.3 Å². The molecule has 4 heteroatoms. The molecule has 0 spiro atoms. The largest absolute Gasteiger partial charge is 0.497 e. The summed E-state index contributed by atoms with van der Waals surface area (Å²) in [6.45, 7) is 2.43. The number of hydrogen-bond acceptors (Lipinski definition) is 3. The third-order valence-corrected chi connectivity index (χ3v) is 2.92. The molecule has 17 heavy (non-hydrogen) atoms. The first-order valence-corrected chi connectivity index (χ1v) is 6.01. The summed E-state index contributed by atoms with van der Waals surface area (Å²) in [4.78, 5) is 11.0. The van der Waals surface area contributed by atoms with E-state index in [1.807, 2.05) is 31.2 Å². The molecule has 0 radical (unpaired) electrons. The molecule has 0 saturated carbocycles. The van der Waals surface area contributed by atoms with Crippen molar-refractivity contribution < 1.29 is 14.3 Å². The first kappa shape index (κ1) is 13.8. The van der Waals surface area contributed by atoms with Gasteiger partial charge in [0.25, 0.3) is 0 Å². The van der Waals surface area contributed by atoms with Gasteiger partial charge < -0.3 is 9.47 Å². The molecule has 94 valence electrons. The SMILES string of the molecule is CCC(CCOc1ccc(OC)cc1)C(=O)Cl. The lowest BCUT2D eigenvalue weighted by Crippen LogP contribution is -2.12. The van der Waals surface area contributed by atoms with E-state index in [4.69, 9.17) is 21.1 Å². The number of benzene rings is 1. The Kier molecular flexibility index (Phi) is 5.84. The maximum absolute atomic E-state index is 11.0. The molecule has 0 aliphatic rings. The van der Waals surface area contributed by atoms with Crippen molar-refractivity contribution in [3.63, 3.8) is 0 Å². The van der Waals surface area contributed by atoms with Gasteiger partial charge in [-0.15, -0.1) is 0 Å². The van der Waals surface area contributed by atoms with E-state index in [2.05, 4.69) is 0 Å².